The molecule has 0 bridgehead atoms. The van der Waals surface area contributed by atoms with Crippen molar-refractivity contribution in [3.8, 4) is 0 Å². The van der Waals surface area contributed by atoms with Crippen molar-refractivity contribution in [2.45, 2.75) is 46.6 Å². The lowest BCUT2D eigenvalue weighted by Crippen LogP contribution is -2.22. The quantitative estimate of drug-likeness (QED) is 0.283. The number of anilines is 1. The minimum Gasteiger partial charge on any atom is -0.320 e. The van der Waals surface area contributed by atoms with Crippen LogP contribution in [0.25, 0.3) is 16.6 Å². The van der Waals surface area contributed by atoms with Gasteiger partial charge in [-0.2, -0.15) is 5.10 Å². The van der Waals surface area contributed by atoms with E-state index in [1.54, 1.807) is 6.20 Å². The fourth-order valence-electron chi connectivity index (χ4n) is 5.09. The van der Waals surface area contributed by atoms with E-state index in [1.165, 1.54) is 37.1 Å². The van der Waals surface area contributed by atoms with Crippen LogP contribution in [0.1, 0.15) is 48.4 Å². The zero-order valence-electron chi connectivity index (χ0n) is 22.6. The third-order valence-electron chi connectivity index (χ3n) is 7.04. The van der Waals surface area contributed by atoms with E-state index in [1.807, 2.05) is 52.6 Å². The van der Waals surface area contributed by atoms with Crippen LogP contribution in [-0.4, -0.2) is 49.6 Å². The second kappa shape index (κ2) is 11.2. The Morgan fingerprint density at radius 1 is 1.18 bits per heavy atom. The van der Waals surface area contributed by atoms with Crippen LogP contribution < -0.4 is 5.32 Å². The molecule has 1 aliphatic heterocycles. The Bertz CT molecular complexity index is 1540. The number of amides is 1. The number of likely N-dealkylation sites (tertiary alicyclic amines) is 1. The molecule has 0 radical (unpaired) electrons. The van der Waals surface area contributed by atoms with Crippen LogP contribution in [0.5, 0.6) is 0 Å². The third-order valence-corrected chi connectivity index (χ3v) is 7.04. The van der Waals surface area contributed by atoms with Crippen molar-refractivity contribution in [2.75, 3.05) is 25.0 Å². The highest BCUT2D eigenvalue weighted by atomic mass is 16.2. The zero-order chi connectivity index (χ0) is 26.6. The summed E-state index contributed by atoms with van der Waals surface area (Å²) in [6.07, 6.45) is 13.3. The number of pyridine rings is 1. The smallest absolute Gasteiger partial charge is 0.274 e. The number of carbonyl (C=O) groups excluding carboxylic acids is 1. The van der Waals surface area contributed by atoms with E-state index in [-0.39, 0.29) is 5.91 Å². The fourth-order valence-corrected chi connectivity index (χ4v) is 5.09. The minimum atomic E-state index is -0.198. The van der Waals surface area contributed by atoms with Crippen molar-refractivity contribution in [3.63, 3.8) is 0 Å². The first-order chi connectivity index (χ1) is 18.4. The van der Waals surface area contributed by atoms with Gasteiger partial charge in [0, 0.05) is 18.1 Å². The number of benzene rings is 1. The largest absolute Gasteiger partial charge is 0.320 e. The van der Waals surface area contributed by atoms with Gasteiger partial charge in [-0.05, 0) is 88.5 Å². The molecule has 0 saturated carbocycles. The lowest BCUT2D eigenvalue weighted by Gasteiger charge is -2.14. The van der Waals surface area contributed by atoms with E-state index in [0.717, 1.165) is 46.5 Å². The van der Waals surface area contributed by atoms with Crippen molar-refractivity contribution < 1.29 is 4.79 Å². The maximum absolute atomic E-state index is 13.4. The van der Waals surface area contributed by atoms with Gasteiger partial charge in [0.25, 0.3) is 5.91 Å². The molecule has 1 N–H and O–H groups in total. The van der Waals surface area contributed by atoms with Gasteiger partial charge in [0.2, 0.25) is 0 Å². The van der Waals surface area contributed by atoms with Crippen LogP contribution in [0.2, 0.25) is 0 Å². The maximum Gasteiger partial charge on any atom is 0.274 e. The molecule has 0 unspecified atom stereocenters. The van der Waals surface area contributed by atoms with E-state index < -0.39 is 0 Å². The zero-order valence-corrected chi connectivity index (χ0v) is 22.6. The monoisotopic (exact) mass is 508 g/mol. The average molecular weight is 509 g/mol. The summed E-state index contributed by atoms with van der Waals surface area (Å²) in [6.45, 7) is 14.3. The summed E-state index contributed by atoms with van der Waals surface area (Å²) < 4.78 is 3.79. The molecule has 0 aliphatic carbocycles. The van der Waals surface area contributed by atoms with Crippen molar-refractivity contribution in [2.24, 2.45) is 0 Å². The topological polar surface area (TPSA) is 67.5 Å². The molecule has 1 aromatic carbocycles. The second-order valence-electron chi connectivity index (χ2n) is 10.4. The number of aryl methyl sites for hydroxylation is 1. The Hall–Kier alpha value is -3.97. The highest BCUT2D eigenvalue weighted by Crippen LogP contribution is 2.28. The summed E-state index contributed by atoms with van der Waals surface area (Å²) in [4.78, 5) is 20.4. The van der Waals surface area contributed by atoms with Crippen LogP contribution >= 0.6 is 0 Å². The molecule has 3 aromatic heterocycles. The van der Waals surface area contributed by atoms with Gasteiger partial charge < -0.3 is 10.2 Å². The molecule has 196 valence electrons. The van der Waals surface area contributed by atoms with Gasteiger partial charge >= 0.3 is 0 Å². The predicted molar refractivity (Wildman–Crippen MR) is 155 cm³/mol. The van der Waals surface area contributed by atoms with E-state index in [0.29, 0.717) is 12.2 Å². The molecule has 38 heavy (non-hydrogen) atoms. The Labute approximate surface area is 224 Å². The number of imidazole rings is 1. The Morgan fingerprint density at radius 3 is 2.79 bits per heavy atom. The third kappa shape index (κ3) is 5.63. The van der Waals surface area contributed by atoms with Gasteiger partial charge in [-0.25, -0.2) is 4.98 Å². The average Bonchev–Trinajstić information content (AvgIpc) is 3.62. The van der Waals surface area contributed by atoms with Crippen LogP contribution in [-0.2, 0) is 13.0 Å². The van der Waals surface area contributed by atoms with E-state index in [9.17, 15) is 4.79 Å². The first kappa shape index (κ1) is 25.7. The summed E-state index contributed by atoms with van der Waals surface area (Å²) in [5.41, 5.74) is 7.27. The first-order valence-electron chi connectivity index (χ1n) is 13.3. The highest BCUT2D eigenvalue weighted by molar-refractivity contribution is 6.08. The molecule has 1 saturated heterocycles. The summed E-state index contributed by atoms with van der Waals surface area (Å²) in [7, 11) is 0. The van der Waals surface area contributed by atoms with Crippen LogP contribution in [0.3, 0.4) is 0 Å². The Morgan fingerprint density at radius 2 is 2.00 bits per heavy atom. The van der Waals surface area contributed by atoms with Crippen molar-refractivity contribution in [3.05, 3.63) is 95.6 Å². The summed E-state index contributed by atoms with van der Waals surface area (Å²) in [6, 6.07) is 10.1. The van der Waals surface area contributed by atoms with Crippen LogP contribution in [0.4, 0.5) is 5.69 Å². The number of aromatic nitrogens is 4. The fraction of sp³-hybridized carbons (Fsp3) is 0.323. The molecular weight excluding hydrogens is 472 g/mol. The molecule has 1 amide bonds. The van der Waals surface area contributed by atoms with Gasteiger partial charge in [0.05, 0.1) is 29.6 Å². The normalized spacial score (nSPS) is 14.1. The maximum atomic E-state index is 13.4. The SMILES string of the molecule is C=C(/C=C\C=C(C)C)Cn1nc(C)c2c(NC(=O)c3cnc4cc(CCN5CCCC5)ccn34)cccc21. The molecule has 0 spiro atoms. The number of nitrogens with one attached hydrogen (secondary N) is 1. The van der Waals surface area contributed by atoms with Crippen LogP contribution in [0, 0.1) is 6.92 Å². The lowest BCUT2D eigenvalue weighted by molar-refractivity contribution is 0.102. The first-order valence-corrected chi connectivity index (χ1v) is 13.3. The molecule has 1 fully saturated rings. The van der Waals surface area contributed by atoms with Gasteiger partial charge in [0.15, 0.2) is 0 Å². The predicted octanol–water partition coefficient (Wildman–Crippen LogP) is 5.96. The van der Waals surface area contributed by atoms with Crippen molar-refractivity contribution in [1.82, 2.24) is 24.1 Å². The van der Waals surface area contributed by atoms with E-state index in [4.69, 9.17) is 5.10 Å². The minimum absolute atomic E-state index is 0.198. The number of hydrogen-bond acceptors (Lipinski definition) is 4. The molecule has 4 aromatic rings. The van der Waals surface area contributed by atoms with Crippen molar-refractivity contribution >= 4 is 28.1 Å². The molecule has 7 nitrogen and oxygen atoms in total. The number of rotatable bonds is 9. The molecule has 7 heteroatoms. The standard InChI is InChI=1S/C31H36N6O/c1-22(2)9-7-10-23(3)21-37-27-12-8-11-26(30(27)24(4)34-37)33-31(38)28-20-32-29-19-25(14-18-36(28)29)13-17-35-15-5-6-16-35/h7-12,14,18-20H,3,5-6,13,15-17,21H2,1-2,4H3,(H,33,38)/b10-7-. The lowest BCUT2D eigenvalue weighted by atomic mass is 10.1. The summed E-state index contributed by atoms with van der Waals surface area (Å²) in [5, 5.41) is 8.78. The van der Waals surface area contributed by atoms with Gasteiger partial charge in [-0.3, -0.25) is 13.9 Å². The number of fused-ring (bicyclic) bond motifs is 2. The number of hydrogen-bond donors (Lipinski definition) is 1. The van der Waals surface area contributed by atoms with E-state index in [2.05, 4.69) is 53.8 Å². The number of allylic oxidation sites excluding steroid dienone is 5. The molecule has 0 atom stereocenters. The second-order valence-corrected chi connectivity index (χ2v) is 10.4. The summed E-state index contributed by atoms with van der Waals surface area (Å²) in [5.74, 6) is -0.198. The van der Waals surface area contributed by atoms with E-state index >= 15 is 0 Å². The van der Waals surface area contributed by atoms with Crippen molar-refractivity contribution in [1.29, 1.82) is 0 Å². The molecule has 5 rings (SSSR count). The Balaban J connectivity index is 1.33. The van der Waals surface area contributed by atoms with Gasteiger partial charge in [0.1, 0.15) is 11.3 Å². The summed E-state index contributed by atoms with van der Waals surface area (Å²) >= 11 is 0. The molecular formula is C31H36N6O. The number of carbonyl (C=O) groups is 1. The number of nitrogens with zero attached hydrogens (tertiary/aromatic N) is 5. The highest BCUT2D eigenvalue weighted by Gasteiger charge is 2.17. The van der Waals surface area contributed by atoms with Gasteiger partial charge in [-0.1, -0.05) is 36.4 Å². The molecule has 1 aliphatic rings. The van der Waals surface area contributed by atoms with Crippen LogP contribution in [0.15, 0.2) is 78.7 Å². The van der Waals surface area contributed by atoms with Gasteiger partial charge in [-0.15, -0.1) is 0 Å². The molecule has 4 heterocycles. The Kier molecular flexibility index (Phi) is 7.56.